The monoisotopic (exact) mass is 275 g/mol. The Kier molecular flexibility index (Phi) is 4.69. The second kappa shape index (κ2) is 6.29. The van der Waals surface area contributed by atoms with E-state index in [4.69, 9.17) is 0 Å². The second-order valence-electron chi connectivity index (χ2n) is 6.44. The predicted octanol–water partition coefficient (Wildman–Crippen LogP) is 4.04. The fourth-order valence-corrected chi connectivity index (χ4v) is 3.31. The number of hydrogen-bond acceptors (Lipinski definition) is 2. The van der Waals surface area contributed by atoms with Gasteiger partial charge in [0.05, 0.1) is 5.69 Å². The Morgan fingerprint density at radius 1 is 1.30 bits per heavy atom. The van der Waals surface area contributed by atoms with Gasteiger partial charge in [-0.05, 0) is 42.7 Å². The summed E-state index contributed by atoms with van der Waals surface area (Å²) in [6.45, 7) is 6.61. The molecule has 0 spiro atoms. The van der Waals surface area contributed by atoms with Crippen LogP contribution in [0, 0.1) is 23.7 Å². The van der Waals surface area contributed by atoms with Gasteiger partial charge in [-0.25, -0.2) is 0 Å². The van der Waals surface area contributed by atoms with E-state index in [1.807, 2.05) is 6.07 Å². The number of carbonyl (C=O) groups is 1. The first-order valence-corrected chi connectivity index (χ1v) is 7.58. The molecular weight excluding hydrogens is 250 g/mol. The summed E-state index contributed by atoms with van der Waals surface area (Å²) in [6, 6.07) is 6.91. The average Bonchev–Trinajstić information content (AvgIpc) is 2.40. The van der Waals surface area contributed by atoms with Gasteiger partial charge < -0.3 is 10.4 Å². The van der Waals surface area contributed by atoms with Crippen LogP contribution in [0.3, 0.4) is 0 Å². The molecule has 0 heterocycles. The number of nitrogens with one attached hydrogen (secondary N) is 1. The molecule has 1 aliphatic rings. The molecule has 1 amide bonds. The number of phenolic OH excluding ortho intramolecular Hbond substituents is 1. The van der Waals surface area contributed by atoms with E-state index in [1.165, 1.54) is 6.42 Å². The highest BCUT2D eigenvalue weighted by atomic mass is 16.3. The quantitative estimate of drug-likeness (QED) is 0.818. The second-order valence-corrected chi connectivity index (χ2v) is 6.44. The van der Waals surface area contributed by atoms with Gasteiger partial charge in [-0.3, -0.25) is 4.79 Å². The molecule has 0 aliphatic heterocycles. The molecular formula is C17H25NO2. The van der Waals surface area contributed by atoms with Crippen LogP contribution < -0.4 is 5.32 Å². The smallest absolute Gasteiger partial charge is 0.227 e. The Balaban J connectivity index is 2.11. The molecule has 2 N–H and O–H groups in total. The lowest BCUT2D eigenvalue weighted by Gasteiger charge is -2.36. The van der Waals surface area contributed by atoms with E-state index >= 15 is 0 Å². The van der Waals surface area contributed by atoms with Crippen LogP contribution in [0.15, 0.2) is 24.3 Å². The minimum absolute atomic E-state index is 0.0525. The number of phenols is 1. The summed E-state index contributed by atoms with van der Waals surface area (Å²) >= 11 is 0. The summed E-state index contributed by atoms with van der Waals surface area (Å²) in [4.78, 5) is 12.6. The molecule has 2 rings (SSSR count). The summed E-state index contributed by atoms with van der Waals surface area (Å²) < 4.78 is 0. The summed E-state index contributed by atoms with van der Waals surface area (Å²) in [5.41, 5.74) is 0.512. The summed E-state index contributed by atoms with van der Waals surface area (Å²) in [5.74, 6) is 1.80. The zero-order chi connectivity index (χ0) is 14.7. The van der Waals surface area contributed by atoms with E-state index in [1.54, 1.807) is 18.2 Å². The van der Waals surface area contributed by atoms with Crippen LogP contribution in [0.5, 0.6) is 5.75 Å². The Hall–Kier alpha value is -1.51. The maximum Gasteiger partial charge on any atom is 0.227 e. The largest absolute Gasteiger partial charge is 0.506 e. The van der Waals surface area contributed by atoms with Gasteiger partial charge in [-0.15, -0.1) is 0 Å². The highest BCUT2D eigenvalue weighted by Gasteiger charge is 2.35. The normalized spacial score (nSPS) is 26.5. The van der Waals surface area contributed by atoms with E-state index in [9.17, 15) is 9.90 Å². The fourth-order valence-electron chi connectivity index (χ4n) is 3.31. The fraction of sp³-hybridized carbons (Fsp3) is 0.588. The number of anilines is 1. The summed E-state index contributed by atoms with van der Waals surface area (Å²) in [5, 5.41) is 12.7. The summed E-state index contributed by atoms with van der Waals surface area (Å²) in [6.07, 6.45) is 3.28. The van der Waals surface area contributed by atoms with E-state index in [2.05, 4.69) is 26.1 Å². The topological polar surface area (TPSA) is 49.3 Å². The van der Waals surface area contributed by atoms with Gasteiger partial charge in [-0.2, -0.15) is 0 Å². The highest BCUT2D eigenvalue weighted by molar-refractivity contribution is 5.94. The van der Waals surface area contributed by atoms with Gasteiger partial charge in [0, 0.05) is 5.92 Å². The van der Waals surface area contributed by atoms with E-state index < -0.39 is 0 Å². The number of benzene rings is 1. The predicted molar refractivity (Wildman–Crippen MR) is 81.6 cm³/mol. The number of amides is 1. The minimum Gasteiger partial charge on any atom is -0.506 e. The van der Waals surface area contributed by atoms with E-state index in [-0.39, 0.29) is 17.6 Å². The molecule has 3 atom stereocenters. The van der Waals surface area contributed by atoms with Gasteiger partial charge in [0.25, 0.3) is 0 Å². The van der Waals surface area contributed by atoms with Gasteiger partial charge in [-0.1, -0.05) is 39.3 Å². The number of aromatic hydroxyl groups is 1. The Morgan fingerprint density at radius 2 is 2.00 bits per heavy atom. The van der Waals surface area contributed by atoms with Crippen molar-refractivity contribution in [2.75, 3.05) is 5.32 Å². The molecule has 1 saturated carbocycles. The SMILES string of the molecule is CC1CCC(C(C)C)C(C(=O)Nc2ccccc2O)C1. The lowest BCUT2D eigenvalue weighted by atomic mass is 9.70. The highest BCUT2D eigenvalue weighted by Crippen LogP contribution is 2.39. The molecule has 0 bridgehead atoms. The van der Waals surface area contributed by atoms with Crippen molar-refractivity contribution in [2.24, 2.45) is 23.7 Å². The van der Waals surface area contributed by atoms with Crippen LogP contribution in [-0.4, -0.2) is 11.0 Å². The maximum atomic E-state index is 12.6. The van der Waals surface area contributed by atoms with Crippen molar-refractivity contribution in [3.8, 4) is 5.75 Å². The molecule has 20 heavy (non-hydrogen) atoms. The number of carbonyl (C=O) groups excluding carboxylic acids is 1. The molecule has 1 aromatic rings. The molecule has 3 nitrogen and oxygen atoms in total. The van der Waals surface area contributed by atoms with Gasteiger partial charge >= 0.3 is 0 Å². The Labute approximate surface area is 121 Å². The average molecular weight is 275 g/mol. The van der Waals surface area contributed by atoms with Crippen LogP contribution in [0.2, 0.25) is 0 Å². The first-order valence-electron chi connectivity index (χ1n) is 7.58. The summed E-state index contributed by atoms with van der Waals surface area (Å²) in [7, 11) is 0. The third-order valence-electron chi connectivity index (χ3n) is 4.52. The molecule has 1 aliphatic carbocycles. The molecule has 3 heteroatoms. The molecule has 110 valence electrons. The van der Waals surface area contributed by atoms with Crippen molar-refractivity contribution in [3.05, 3.63) is 24.3 Å². The van der Waals surface area contributed by atoms with Crippen molar-refractivity contribution >= 4 is 11.6 Å². The number of para-hydroxylation sites is 2. The first kappa shape index (κ1) is 14.9. The van der Waals surface area contributed by atoms with E-state index in [0.29, 0.717) is 23.4 Å². The Bertz CT molecular complexity index is 470. The molecule has 0 radical (unpaired) electrons. The third kappa shape index (κ3) is 3.33. The lowest BCUT2D eigenvalue weighted by molar-refractivity contribution is -0.124. The van der Waals surface area contributed by atoms with Gasteiger partial charge in [0.2, 0.25) is 5.91 Å². The van der Waals surface area contributed by atoms with Crippen molar-refractivity contribution in [2.45, 2.75) is 40.0 Å². The number of hydrogen-bond donors (Lipinski definition) is 2. The van der Waals surface area contributed by atoms with Crippen molar-refractivity contribution in [3.63, 3.8) is 0 Å². The third-order valence-corrected chi connectivity index (χ3v) is 4.52. The molecule has 0 aromatic heterocycles. The van der Waals surface area contributed by atoms with Crippen LogP contribution >= 0.6 is 0 Å². The Morgan fingerprint density at radius 3 is 2.65 bits per heavy atom. The lowest BCUT2D eigenvalue weighted by Crippen LogP contribution is -2.36. The molecule has 1 aromatic carbocycles. The van der Waals surface area contributed by atoms with Crippen LogP contribution in [0.4, 0.5) is 5.69 Å². The maximum absolute atomic E-state index is 12.6. The number of rotatable bonds is 3. The van der Waals surface area contributed by atoms with Crippen LogP contribution in [-0.2, 0) is 4.79 Å². The van der Waals surface area contributed by atoms with E-state index in [0.717, 1.165) is 12.8 Å². The van der Waals surface area contributed by atoms with Crippen LogP contribution in [0.25, 0.3) is 0 Å². The standard InChI is InChI=1S/C17H25NO2/c1-11(2)13-9-8-12(3)10-14(13)17(20)18-15-6-4-5-7-16(15)19/h4-7,11-14,19H,8-10H2,1-3H3,(H,18,20). The van der Waals surface area contributed by atoms with Gasteiger partial charge in [0.1, 0.15) is 5.75 Å². The molecule has 1 fully saturated rings. The molecule has 3 unspecified atom stereocenters. The van der Waals surface area contributed by atoms with Crippen molar-refractivity contribution < 1.29 is 9.90 Å². The van der Waals surface area contributed by atoms with Crippen molar-refractivity contribution in [1.29, 1.82) is 0 Å². The first-order chi connectivity index (χ1) is 9.49. The zero-order valence-corrected chi connectivity index (χ0v) is 12.6. The minimum atomic E-state index is 0.0525. The van der Waals surface area contributed by atoms with Gasteiger partial charge in [0.15, 0.2) is 0 Å². The van der Waals surface area contributed by atoms with Crippen molar-refractivity contribution in [1.82, 2.24) is 0 Å². The van der Waals surface area contributed by atoms with Crippen LogP contribution in [0.1, 0.15) is 40.0 Å². The zero-order valence-electron chi connectivity index (χ0n) is 12.6. The molecule has 0 saturated heterocycles.